The molecule has 0 unspecified atom stereocenters. The first-order valence-electron chi connectivity index (χ1n) is 11.0. The minimum absolute atomic E-state index is 0.117. The minimum atomic E-state index is -4.16. The van der Waals surface area contributed by atoms with Gasteiger partial charge in [-0.15, -0.1) is 0 Å². The first-order valence-corrected chi connectivity index (χ1v) is 12.4. The normalized spacial score (nSPS) is 16.1. The number of carbonyl (C=O) groups excluding carboxylic acids is 2. The van der Waals surface area contributed by atoms with Crippen LogP contribution >= 0.6 is 0 Å². The number of hydrogen-bond acceptors (Lipinski definition) is 6. The van der Waals surface area contributed by atoms with E-state index in [2.05, 4.69) is 10.6 Å². The fourth-order valence-corrected chi connectivity index (χ4v) is 5.09. The molecule has 0 aliphatic carbocycles. The third-order valence-electron chi connectivity index (χ3n) is 5.18. The van der Waals surface area contributed by atoms with Crippen LogP contribution in [0.4, 0.5) is 20.6 Å². The summed E-state index contributed by atoms with van der Waals surface area (Å²) in [5.41, 5.74) is -1.17. The molecule has 0 radical (unpaired) electrons. The number of benzene rings is 2. The second-order valence-electron chi connectivity index (χ2n) is 9.81. The number of carbonyl (C=O) groups is 2. The van der Waals surface area contributed by atoms with Gasteiger partial charge in [0.15, 0.2) is 0 Å². The summed E-state index contributed by atoms with van der Waals surface area (Å²) in [6, 6.07) is 9.03. The molecule has 1 aliphatic heterocycles. The number of rotatable bonds is 5. The molecule has 0 bridgehead atoms. The molecule has 3 rings (SSSR count). The van der Waals surface area contributed by atoms with Gasteiger partial charge in [-0.25, -0.2) is 17.6 Å². The van der Waals surface area contributed by atoms with Crippen LogP contribution in [-0.4, -0.2) is 44.2 Å². The van der Waals surface area contributed by atoms with Crippen molar-refractivity contribution >= 4 is 33.4 Å². The Labute approximate surface area is 204 Å². The van der Waals surface area contributed by atoms with Gasteiger partial charge < -0.3 is 14.8 Å². The lowest BCUT2D eigenvalue weighted by atomic mass is 9.95. The van der Waals surface area contributed by atoms with E-state index in [4.69, 9.17) is 9.47 Å². The fourth-order valence-electron chi connectivity index (χ4n) is 3.62. The van der Waals surface area contributed by atoms with Gasteiger partial charge in [0.2, 0.25) is 5.91 Å². The zero-order valence-electron chi connectivity index (χ0n) is 20.5. The van der Waals surface area contributed by atoms with E-state index < -0.39 is 39.2 Å². The lowest BCUT2D eigenvalue weighted by Crippen LogP contribution is -2.60. The van der Waals surface area contributed by atoms with E-state index >= 15 is 0 Å². The molecule has 2 N–H and O–H groups in total. The molecule has 0 spiro atoms. The van der Waals surface area contributed by atoms with E-state index in [1.807, 2.05) is 0 Å². The third kappa shape index (κ3) is 6.21. The summed E-state index contributed by atoms with van der Waals surface area (Å²) >= 11 is 0. The topological polar surface area (TPSA) is 114 Å². The van der Waals surface area contributed by atoms with E-state index in [-0.39, 0.29) is 28.8 Å². The number of amides is 2. The van der Waals surface area contributed by atoms with Crippen molar-refractivity contribution in [1.29, 1.82) is 0 Å². The number of sulfonamides is 1. The second-order valence-corrected chi connectivity index (χ2v) is 11.7. The maximum atomic E-state index is 13.6. The van der Waals surface area contributed by atoms with Crippen LogP contribution in [0.2, 0.25) is 0 Å². The van der Waals surface area contributed by atoms with Gasteiger partial charge in [0.25, 0.3) is 10.0 Å². The van der Waals surface area contributed by atoms with E-state index in [1.165, 1.54) is 31.2 Å². The van der Waals surface area contributed by atoms with Gasteiger partial charge in [0.05, 0.1) is 22.7 Å². The Bertz CT molecular complexity index is 1220. The van der Waals surface area contributed by atoms with Crippen LogP contribution in [-0.2, 0) is 19.6 Å². The molecule has 0 saturated carbocycles. The molecule has 11 heteroatoms. The van der Waals surface area contributed by atoms with Crippen molar-refractivity contribution in [3.05, 3.63) is 48.3 Å². The first kappa shape index (κ1) is 26.3. The molecule has 0 fully saturated rings. The highest BCUT2D eigenvalue weighted by atomic mass is 32.2. The predicted octanol–water partition coefficient (Wildman–Crippen LogP) is 4.04. The number of halogens is 1. The number of nitrogens with zero attached hydrogens (tertiary/aromatic N) is 1. The van der Waals surface area contributed by atoms with Crippen molar-refractivity contribution in [3.8, 4) is 5.75 Å². The maximum Gasteiger partial charge on any atom is 0.412 e. The van der Waals surface area contributed by atoms with Crippen LogP contribution in [0.15, 0.2) is 47.4 Å². The Balaban J connectivity index is 2.05. The van der Waals surface area contributed by atoms with E-state index in [1.54, 1.807) is 40.7 Å². The zero-order chi connectivity index (χ0) is 26.2. The Morgan fingerprint density at radius 1 is 1.09 bits per heavy atom. The number of ether oxygens (including phenoxy) is 2. The number of nitrogens with one attached hydrogen (secondary N) is 2. The lowest BCUT2D eigenvalue weighted by Gasteiger charge is -2.42. The predicted molar refractivity (Wildman–Crippen MR) is 130 cm³/mol. The minimum Gasteiger partial charge on any atom is -0.484 e. The van der Waals surface area contributed by atoms with Crippen LogP contribution in [0.25, 0.3) is 0 Å². The summed E-state index contributed by atoms with van der Waals surface area (Å²) in [5, 5.41) is 5.38. The lowest BCUT2D eigenvalue weighted by molar-refractivity contribution is -0.121. The SMILES string of the molecule is CC(=O)NC(C)(C)[C@@H]1CN(S(=O)(=O)c2ccc(F)cc2)c2cc(NC(=O)OC(C)(C)C)ccc2O1. The summed E-state index contributed by atoms with van der Waals surface area (Å²) in [7, 11) is -4.16. The molecule has 35 heavy (non-hydrogen) atoms. The average molecular weight is 508 g/mol. The summed E-state index contributed by atoms with van der Waals surface area (Å²) in [6.07, 6.45) is -1.45. The molecule has 2 amide bonds. The van der Waals surface area contributed by atoms with Crippen LogP contribution in [0, 0.1) is 5.82 Å². The third-order valence-corrected chi connectivity index (χ3v) is 6.97. The van der Waals surface area contributed by atoms with E-state index in [9.17, 15) is 22.4 Å². The summed E-state index contributed by atoms with van der Waals surface area (Å²) < 4.78 is 53.2. The molecular formula is C24H30FN3O6S. The highest BCUT2D eigenvalue weighted by Crippen LogP contribution is 2.40. The average Bonchev–Trinajstić information content (AvgIpc) is 2.70. The zero-order valence-corrected chi connectivity index (χ0v) is 21.3. The van der Waals surface area contributed by atoms with Gasteiger partial charge in [-0.05, 0) is 77.1 Å². The molecule has 1 atom stereocenters. The van der Waals surface area contributed by atoms with Gasteiger partial charge >= 0.3 is 6.09 Å². The van der Waals surface area contributed by atoms with Crippen LogP contribution in [0.5, 0.6) is 5.75 Å². The summed E-state index contributed by atoms with van der Waals surface area (Å²) in [6.45, 7) is 9.84. The van der Waals surface area contributed by atoms with Crippen molar-refractivity contribution in [2.24, 2.45) is 0 Å². The highest BCUT2D eigenvalue weighted by Gasteiger charge is 2.42. The summed E-state index contributed by atoms with van der Waals surface area (Å²) in [4.78, 5) is 23.9. The van der Waals surface area contributed by atoms with Crippen molar-refractivity contribution < 1.29 is 31.9 Å². The van der Waals surface area contributed by atoms with Crippen LogP contribution in [0.1, 0.15) is 41.5 Å². The fraction of sp³-hybridized carbons (Fsp3) is 0.417. The Hall–Kier alpha value is -3.34. The largest absolute Gasteiger partial charge is 0.484 e. The van der Waals surface area contributed by atoms with Crippen LogP contribution < -0.4 is 19.7 Å². The standard InChI is InChI=1S/C24H30FN3O6S/c1-15(29)27-24(5,6)21-14-28(35(31,32)18-10-7-16(25)8-11-18)19-13-17(9-12-20(19)33-21)26-22(30)34-23(2,3)4/h7-13,21H,14H2,1-6H3,(H,26,30)(H,27,29)/t21-/m0/s1. The van der Waals surface area contributed by atoms with E-state index in [0.29, 0.717) is 5.69 Å². The van der Waals surface area contributed by atoms with Gasteiger partial charge in [-0.2, -0.15) is 0 Å². The second kappa shape index (κ2) is 9.37. The molecular weight excluding hydrogens is 477 g/mol. The van der Waals surface area contributed by atoms with Gasteiger partial charge in [-0.1, -0.05) is 0 Å². The quantitative estimate of drug-likeness (QED) is 0.631. The molecule has 190 valence electrons. The van der Waals surface area contributed by atoms with Crippen molar-refractivity contribution in [2.45, 2.75) is 63.7 Å². The van der Waals surface area contributed by atoms with Crippen LogP contribution in [0.3, 0.4) is 0 Å². The molecule has 2 aromatic rings. The Kier molecular flexibility index (Phi) is 7.03. The molecule has 1 heterocycles. The molecule has 0 aromatic heterocycles. The number of anilines is 2. The summed E-state index contributed by atoms with van der Waals surface area (Å²) in [5.74, 6) is -0.630. The smallest absolute Gasteiger partial charge is 0.412 e. The first-order chi connectivity index (χ1) is 16.1. The molecule has 1 aliphatic rings. The van der Waals surface area contributed by atoms with Gasteiger partial charge in [-0.3, -0.25) is 14.4 Å². The van der Waals surface area contributed by atoms with Gasteiger partial charge in [0.1, 0.15) is 23.3 Å². The monoisotopic (exact) mass is 507 g/mol. The van der Waals surface area contributed by atoms with Crippen molar-refractivity contribution in [1.82, 2.24) is 5.32 Å². The number of fused-ring (bicyclic) bond motifs is 1. The molecule has 2 aromatic carbocycles. The molecule has 0 saturated heterocycles. The number of hydrogen-bond donors (Lipinski definition) is 2. The highest BCUT2D eigenvalue weighted by molar-refractivity contribution is 7.92. The van der Waals surface area contributed by atoms with Crippen molar-refractivity contribution in [2.75, 3.05) is 16.2 Å². The molecule has 9 nitrogen and oxygen atoms in total. The van der Waals surface area contributed by atoms with E-state index in [0.717, 1.165) is 16.4 Å². The van der Waals surface area contributed by atoms with Crippen molar-refractivity contribution in [3.63, 3.8) is 0 Å². The Morgan fingerprint density at radius 3 is 2.29 bits per heavy atom. The maximum absolute atomic E-state index is 13.6. The van der Waals surface area contributed by atoms with Gasteiger partial charge in [0, 0.05) is 12.6 Å². The Morgan fingerprint density at radius 2 is 1.71 bits per heavy atom.